The smallest absolute Gasteiger partial charge is 0.246 e. The number of nitrogens with one attached hydrogen (secondary N) is 4. The van der Waals surface area contributed by atoms with Crippen LogP contribution in [0.2, 0.25) is 0 Å². The van der Waals surface area contributed by atoms with Gasteiger partial charge in [-0.3, -0.25) is 24.2 Å². The molecule has 5 aromatic heterocycles. The monoisotopic (exact) mass is 998 g/mol. The number of aliphatic hydroxyl groups excluding tert-OH is 1. The maximum Gasteiger partial charge on any atom is 0.246 e. The van der Waals surface area contributed by atoms with E-state index in [-0.39, 0.29) is 55.1 Å². The summed E-state index contributed by atoms with van der Waals surface area (Å²) in [5.41, 5.74) is 8.63. The number of carbonyl (C=O) groups excluding carboxylic acids is 4. The molecule has 0 bridgehead atoms. The van der Waals surface area contributed by atoms with Crippen LogP contribution in [0.5, 0.6) is 0 Å². The molecule has 1 aromatic carbocycles. The quantitative estimate of drug-likeness (QED) is 0.0553. The van der Waals surface area contributed by atoms with Gasteiger partial charge in [0.2, 0.25) is 23.6 Å². The number of rotatable bonds is 17. The van der Waals surface area contributed by atoms with Gasteiger partial charge in [-0.1, -0.05) is 62.8 Å². The minimum Gasteiger partial charge on any atom is -0.391 e. The van der Waals surface area contributed by atoms with Crippen molar-refractivity contribution >= 4 is 57.5 Å². The molecule has 6 heterocycles. The minimum absolute atomic E-state index is 0.00145. The first-order valence-electron chi connectivity index (χ1n) is 24.4. The summed E-state index contributed by atoms with van der Waals surface area (Å²) in [7, 11) is 1.86. The molecule has 1 aliphatic carbocycles. The second-order valence-electron chi connectivity index (χ2n) is 19.8. The van der Waals surface area contributed by atoms with Crippen LogP contribution in [-0.4, -0.2) is 101 Å². The molecule has 1 saturated heterocycles. The highest BCUT2D eigenvalue weighted by Gasteiger charge is 2.44. The molecular formula is C52H62N12O5S2. The van der Waals surface area contributed by atoms with Crippen LogP contribution in [0.25, 0.3) is 37.9 Å². The van der Waals surface area contributed by atoms with E-state index in [9.17, 15) is 29.5 Å². The zero-order valence-electron chi connectivity index (χ0n) is 41.1. The van der Waals surface area contributed by atoms with Gasteiger partial charge in [0.05, 0.1) is 62.5 Å². The van der Waals surface area contributed by atoms with E-state index < -0.39 is 29.5 Å². The van der Waals surface area contributed by atoms with Crippen LogP contribution in [0.15, 0.2) is 66.4 Å². The van der Waals surface area contributed by atoms with Gasteiger partial charge in [-0.15, -0.1) is 21.5 Å². The number of nitriles is 1. The number of hydrogen-bond donors (Lipinski definition) is 5. The molecule has 5 N–H and O–H groups in total. The van der Waals surface area contributed by atoms with E-state index in [2.05, 4.69) is 47.6 Å². The number of β-amino-alcohol motifs (C(OH)–C–C–N with tert-alkyl or cyclic N) is 1. The van der Waals surface area contributed by atoms with E-state index >= 15 is 0 Å². The maximum atomic E-state index is 14.1. The first kappa shape index (κ1) is 50.8. The number of nitrogens with zero attached hydrogens (tertiary/aromatic N) is 8. The van der Waals surface area contributed by atoms with Gasteiger partial charge >= 0.3 is 0 Å². The number of thiazole rings is 1. The Labute approximate surface area is 421 Å². The Balaban J connectivity index is 0.753. The fraction of sp³-hybridized carbons (Fsp3) is 0.462. The number of aliphatic hydroxyl groups is 1. The average Bonchev–Trinajstić information content (AvgIpc) is 4.20. The Morgan fingerprint density at radius 2 is 1.68 bits per heavy atom. The average molecular weight is 999 g/mol. The largest absolute Gasteiger partial charge is 0.391 e. The highest BCUT2D eigenvalue weighted by Crippen LogP contribution is 2.39. The zero-order valence-corrected chi connectivity index (χ0v) is 42.7. The molecule has 1 saturated carbocycles. The number of pyridine rings is 1. The number of carbonyl (C=O) groups is 4. The van der Waals surface area contributed by atoms with Crippen LogP contribution in [0.4, 0.5) is 5.69 Å². The highest BCUT2D eigenvalue weighted by atomic mass is 32.1. The van der Waals surface area contributed by atoms with Gasteiger partial charge in [0.25, 0.3) is 0 Å². The van der Waals surface area contributed by atoms with E-state index in [4.69, 9.17) is 4.98 Å². The Bertz CT molecular complexity index is 2910. The number of unbranched alkanes of at least 4 members (excludes halogenated alkanes) is 2. The van der Waals surface area contributed by atoms with Crippen LogP contribution in [-0.2, 0) is 19.2 Å². The standard InChI is InChI=1S/C52H62N12O5S2/c1-30(33-12-14-34(15-13-33)46-31(2)56-29-70-46)58-48(68)43-23-38(65)28-63(43)51(69)47(52(3,4)5)60-45(67)11-9-7-8-10-44(66)59-36-18-16-35(17-19-36)49-61-62-50(71-49)39-27-55-41(24-40(39)54-6)42-21-20-37-22-32(25-53)26-57-64(37)42/h12-15,20-22,24,26-27,29-30,35-36,38,43,47,65H,7-11,16-19,23,28H2,1-6H3,(H,54,55)(H,58,68)(H,59,66)(H,60,67)/t30-,35-,36-,38+,43-,47+/m0/s1. The van der Waals surface area contributed by atoms with Crippen LogP contribution in [0.1, 0.15) is 126 Å². The molecular weight excluding hydrogens is 937 g/mol. The molecule has 6 aromatic rings. The number of aryl methyl sites for hydroxylation is 1. The Morgan fingerprint density at radius 1 is 0.930 bits per heavy atom. The van der Waals surface area contributed by atoms with Crippen molar-refractivity contribution < 1.29 is 24.3 Å². The molecule has 372 valence electrons. The number of hydrogen-bond acceptors (Lipinski definition) is 14. The van der Waals surface area contributed by atoms with Crippen LogP contribution in [0.3, 0.4) is 0 Å². The number of anilines is 1. The number of fused-ring (bicyclic) bond motifs is 1. The maximum absolute atomic E-state index is 14.1. The molecule has 0 radical (unpaired) electrons. The summed E-state index contributed by atoms with van der Waals surface area (Å²) in [5, 5.41) is 47.7. The van der Waals surface area contributed by atoms with Gasteiger partial charge in [-0.2, -0.15) is 10.4 Å². The summed E-state index contributed by atoms with van der Waals surface area (Å²) in [5.74, 6) is -0.783. The van der Waals surface area contributed by atoms with E-state index in [0.717, 1.165) is 85.6 Å². The van der Waals surface area contributed by atoms with Gasteiger partial charge in [0.1, 0.15) is 23.2 Å². The SMILES string of the molecule is CNc1cc(-c2ccc3cc(C#N)cnn23)ncc1-c1nnc([C@H]2CC[C@H](NC(=O)CCCCCC(=O)N[C@H](C(=O)N3C[C@H](O)C[C@H]3C(=O)N[C@@H](C)c3ccc(-c4scnc4C)cc3)C(C)(C)C)CC2)s1. The lowest BCUT2D eigenvalue weighted by atomic mass is 9.85. The van der Waals surface area contributed by atoms with Crippen molar-refractivity contribution in [2.24, 2.45) is 5.41 Å². The third-order valence-corrected chi connectivity index (χ3v) is 15.6. The number of amides is 4. The van der Waals surface area contributed by atoms with Gasteiger partial charge in [0, 0.05) is 56.7 Å². The lowest BCUT2D eigenvalue weighted by Crippen LogP contribution is -2.57. The summed E-state index contributed by atoms with van der Waals surface area (Å²) in [4.78, 5) is 65.7. The summed E-state index contributed by atoms with van der Waals surface area (Å²) in [6, 6.07) is 15.6. The summed E-state index contributed by atoms with van der Waals surface area (Å²) in [6.07, 6.45) is 8.46. The topological polar surface area (TPSA) is 233 Å². The molecule has 8 rings (SSSR count). The molecule has 0 spiro atoms. The molecule has 2 fully saturated rings. The van der Waals surface area contributed by atoms with Gasteiger partial charge in [0.15, 0.2) is 5.01 Å². The van der Waals surface area contributed by atoms with Crippen molar-refractivity contribution in [2.75, 3.05) is 18.9 Å². The van der Waals surface area contributed by atoms with E-state index in [1.807, 2.05) is 89.6 Å². The molecule has 4 atom stereocenters. The van der Waals surface area contributed by atoms with Crippen LogP contribution < -0.4 is 21.3 Å². The second kappa shape index (κ2) is 22.2. The van der Waals surface area contributed by atoms with Crippen molar-refractivity contribution in [1.29, 1.82) is 5.26 Å². The van der Waals surface area contributed by atoms with Crippen molar-refractivity contribution in [2.45, 2.75) is 135 Å². The fourth-order valence-electron chi connectivity index (χ4n) is 9.52. The predicted molar refractivity (Wildman–Crippen MR) is 274 cm³/mol. The van der Waals surface area contributed by atoms with E-state index in [1.54, 1.807) is 39.5 Å². The Kier molecular flexibility index (Phi) is 15.9. The minimum atomic E-state index is -0.913. The Morgan fingerprint density at radius 3 is 2.37 bits per heavy atom. The number of aromatic nitrogens is 6. The highest BCUT2D eigenvalue weighted by molar-refractivity contribution is 7.14. The van der Waals surface area contributed by atoms with E-state index in [0.29, 0.717) is 31.2 Å². The van der Waals surface area contributed by atoms with Gasteiger partial charge in [-0.25, -0.2) is 9.50 Å². The Hall–Kier alpha value is -6.62. The molecule has 17 nitrogen and oxygen atoms in total. The first-order valence-corrected chi connectivity index (χ1v) is 26.1. The molecule has 0 unspecified atom stereocenters. The molecule has 2 aliphatic rings. The van der Waals surface area contributed by atoms with E-state index in [1.165, 1.54) is 11.1 Å². The number of benzene rings is 1. The fourth-order valence-corrected chi connectivity index (χ4v) is 11.4. The molecule has 1 aliphatic heterocycles. The summed E-state index contributed by atoms with van der Waals surface area (Å²) >= 11 is 3.14. The van der Waals surface area contributed by atoms with Crippen LogP contribution in [0, 0.1) is 23.7 Å². The first-order chi connectivity index (χ1) is 34.1. The summed E-state index contributed by atoms with van der Waals surface area (Å²) in [6.45, 7) is 9.46. The predicted octanol–water partition coefficient (Wildman–Crippen LogP) is 7.72. The van der Waals surface area contributed by atoms with Crippen molar-refractivity contribution in [3.05, 3.63) is 88.3 Å². The molecule has 71 heavy (non-hydrogen) atoms. The van der Waals surface area contributed by atoms with Gasteiger partial charge < -0.3 is 31.3 Å². The number of likely N-dealkylation sites (tertiary alicyclic amines) is 1. The lowest BCUT2D eigenvalue weighted by Gasteiger charge is -2.35. The third-order valence-electron chi connectivity index (χ3n) is 13.5. The molecule has 19 heteroatoms. The van der Waals surface area contributed by atoms with Crippen molar-refractivity contribution in [1.82, 2.24) is 50.6 Å². The van der Waals surface area contributed by atoms with Crippen molar-refractivity contribution in [3.8, 4) is 38.5 Å². The lowest BCUT2D eigenvalue weighted by molar-refractivity contribution is -0.144. The summed E-state index contributed by atoms with van der Waals surface area (Å²) < 4.78 is 1.77. The van der Waals surface area contributed by atoms with Gasteiger partial charge in [-0.05, 0) is 93.2 Å². The zero-order chi connectivity index (χ0) is 50.4. The van der Waals surface area contributed by atoms with Crippen LogP contribution >= 0.6 is 22.7 Å². The third kappa shape index (κ3) is 11.9. The van der Waals surface area contributed by atoms with Crippen molar-refractivity contribution in [3.63, 3.8) is 0 Å². The second-order valence-corrected chi connectivity index (χ2v) is 21.6. The molecule has 4 amide bonds. The normalized spacial score (nSPS) is 18.9.